The number of hydrogen-bond acceptors (Lipinski definition) is 3. The van der Waals surface area contributed by atoms with Crippen LogP contribution < -0.4 is 5.32 Å². The molecule has 1 aliphatic heterocycles. The minimum absolute atomic E-state index is 0.0578. The lowest BCUT2D eigenvalue weighted by Crippen LogP contribution is -2.52. The van der Waals surface area contributed by atoms with E-state index in [1.165, 1.54) is 12.1 Å². The number of carbonyl (C=O) groups excluding carboxylic acids is 1. The first-order valence-corrected chi connectivity index (χ1v) is 9.31. The molecule has 1 amide bonds. The summed E-state index contributed by atoms with van der Waals surface area (Å²) in [7, 11) is 0. The number of carbonyl (C=O) groups is 1. The zero-order valence-corrected chi connectivity index (χ0v) is 15.7. The monoisotopic (exact) mass is 391 g/mol. The van der Waals surface area contributed by atoms with Crippen LogP contribution in [0.25, 0.3) is 0 Å². The maximum absolute atomic E-state index is 12.9. The van der Waals surface area contributed by atoms with Crippen molar-refractivity contribution in [3.63, 3.8) is 0 Å². The number of para-hydroxylation sites is 1. The van der Waals surface area contributed by atoms with Crippen molar-refractivity contribution in [1.82, 2.24) is 9.80 Å². The molecule has 1 saturated heterocycles. The van der Waals surface area contributed by atoms with Crippen LogP contribution in [0.3, 0.4) is 0 Å². The van der Waals surface area contributed by atoms with E-state index in [2.05, 4.69) is 15.1 Å². The number of benzene rings is 2. The van der Waals surface area contributed by atoms with Crippen molar-refractivity contribution in [2.45, 2.75) is 25.7 Å². The highest BCUT2D eigenvalue weighted by Gasteiger charge is 2.31. The van der Waals surface area contributed by atoms with E-state index in [4.69, 9.17) is 0 Å². The molecular weight excluding hydrogens is 367 g/mol. The molecule has 1 N–H and O–H groups in total. The number of anilines is 1. The van der Waals surface area contributed by atoms with E-state index < -0.39 is 11.7 Å². The van der Waals surface area contributed by atoms with Crippen molar-refractivity contribution in [3.05, 3.63) is 65.7 Å². The molecular formula is C21H24F3N3O. The summed E-state index contributed by atoms with van der Waals surface area (Å²) in [6.45, 7) is 5.16. The number of halogens is 3. The van der Waals surface area contributed by atoms with Gasteiger partial charge in [-0.2, -0.15) is 13.2 Å². The molecule has 0 radical (unpaired) electrons. The van der Waals surface area contributed by atoms with Crippen LogP contribution in [0.1, 0.15) is 18.1 Å². The minimum Gasteiger partial charge on any atom is -0.325 e. The van der Waals surface area contributed by atoms with Crippen molar-refractivity contribution in [3.8, 4) is 0 Å². The molecule has 4 nitrogen and oxygen atoms in total. The van der Waals surface area contributed by atoms with E-state index in [1.54, 1.807) is 6.07 Å². The molecule has 150 valence electrons. The highest BCUT2D eigenvalue weighted by Crippen LogP contribution is 2.29. The number of piperazine rings is 1. The Hall–Kier alpha value is -2.38. The molecule has 0 unspecified atom stereocenters. The second kappa shape index (κ2) is 8.75. The summed E-state index contributed by atoms with van der Waals surface area (Å²) >= 11 is 0. The summed E-state index contributed by atoms with van der Waals surface area (Å²) in [6.07, 6.45) is -4.32. The summed E-state index contributed by atoms with van der Waals surface area (Å²) in [5, 5.41) is 2.91. The molecule has 3 rings (SSSR count). The second-order valence-corrected chi connectivity index (χ2v) is 7.04. The predicted octanol–water partition coefficient (Wildman–Crippen LogP) is 3.85. The summed E-state index contributed by atoms with van der Waals surface area (Å²) in [5.41, 5.74) is 0.801. The largest absolute Gasteiger partial charge is 0.416 e. The fourth-order valence-electron chi connectivity index (χ4n) is 3.35. The van der Waals surface area contributed by atoms with Gasteiger partial charge in [0.1, 0.15) is 0 Å². The number of rotatable bonds is 5. The van der Waals surface area contributed by atoms with Gasteiger partial charge < -0.3 is 5.32 Å². The Morgan fingerprint density at radius 2 is 1.71 bits per heavy atom. The Labute approximate surface area is 162 Å². The van der Waals surface area contributed by atoms with E-state index >= 15 is 0 Å². The highest BCUT2D eigenvalue weighted by atomic mass is 19.4. The summed E-state index contributed by atoms with van der Waals surface area (Å²) < 4.78 is 38.6. The smallest absolute Gasteiger partial charge is 0.325 e. The minimum atomic E-state index is -4.32. The topological polar surface area (TPSA) is 35.6 Å². The third-order valence-electron chi connectivity index (χ3n) is 5.04. The molecule has 0 aromatic heterocycles. The van der Waals surface area contributed by atoms with Crippen molar-refractivity contribution in [1.29, 1.82) is 0 Å². The van der Waals surface area contributed by atoms with E-state index in [0.717, 1.165) is 11.8 Å². The van der Waals surface area contributed by atoms with Crippen molar-refractivity contribution < 1.29 is 18.0 Å². The zero-order chi connectivity index (χ0) is 20.1. The third-order valence-corrected chi connectivity index (χ3v) is 5.04. The number of alkyl halides is 3. The van der Waals surface area contributed by atoms with E-state index in [1.807, 2.05) is 37.3 Å². The molecule has 2 aromatic carbocycles. The Morgan fingerprint density at radius 3 is 2.36 bits per heavy atom. The maximum Gasteiger partial charge on any atom is 0.416 e. The van der Waals surface area contributed by atoms with Crippen LogP contribution in [0.5, 0.6) is 0 Å². The quantitative estimate of drug-likeness (QED) is 0.841. The van der Waals surface area contributed by atoms with Crippen LogP contribution in [0.15, 0.2) is 54.6 Å². The van der Waals surface area contributed by atoms with Crippen molar-refractivity contribution in [2.75, 3.05) is 31.5 Å². The zero-order valence-electron chi connectivity index (χ0n) is 15.7. The van der Waals surface area contributed by atoms with E-state index in [9.17, 15) is 18.0 Å². The molecule has 1 aliphatic rings. The lowest BCUT2D eigenvalue weighted by atomic mass is 10.1. The van der Waals surface area contributed by atoms with Crippen molar-refractivity contribution in [2.24, 2.45) is 0 Å². The van der Waals surface area contributed by atoms with Gasteiger partial charge >= 0.3 is 6.18 Å². The van der Waals surface area contributed by atoms with Crippen LogP contribution in [0, 0.1) is 0 Å². The number of nitrogens with zero attached hydrogens (tertiary/aromatic N) is 2. The van der Waals surface area contributed by atoms with Gasteiger partial charge in [0.05, 0.1) is 11.6 Å². The van der Waals surface area contributed by atoms with Crippen LogP contribution in [0.2, 0.25) is 0 Å². The molecule has 0 bridgehead atoms. The van der Waals surface area contributed by atoms with Crippen molar-refractivity contribution >= 4 is 11.6 Å². The first kappa shape index (κ1) is 20.4. The van der Waals surface area contributed by atoms with E-state index in [0.29, 0.717) is 38.3 Å². The van der Waals surface area contributed by atoms with Crippen LogP contribution in [-0.4, -0.2) is 47.9 Å². The number of nitrogens with one attached hydrogen (secondary N) is 1. The normalized spacial score (nSPS) is 17.3. The molecule has 28 heavy (non-hydrogen) atoms. The van der Waals surface area contributed by atoms with Gasteiger partial charge in [0.2, 0.25) is 5.91 Å². The fraction of sp³-hybridized carbons (Fsp3) is 0.381. The molecule has 0 aliphatic carbocycles. The predicted molar refractivity (Wildman–Crippen MR) is 103 cm³/mol. The van der Waals surface area contributed by atoms with Crippen LogP contribution >= 0.6 is 0 Å². The SMILES string of the molecule is C[C@H](C(=O)Nc1ccccc1)N1CCN(Cc2cccc(C(F)(F)F)c2)CC1. The van der Waals surface area contributed by atoms with E-state index in [-0.39, 0.29) is 11.9 Å². The first-order chi connectivity index (χ1) is 13.3. The van der Waals surface area contributed by atoms with Gasteiger partial charge in [-0.15, -0.1) is 0 Å². The molecule has 0 spiro atoms. The Balaban J connectivity index is 1.51. The molecule has 2 aromatic rings. The molecule has 7 heteroatoms. The fourth-order valence-corrected chi connectivity index (χ4v) is 3.35. The number of amides is 1. The lowest BCUT2D eigenvalue weighted by molar-refractivity contribution is -0.137. The molecule has 1 fully saturated rings. The summed E-state index contributed by atoms with van der Waals surface area (Å²) in [4.78, 5) is 16.7. The summed E-state index contributed by atoms with van der Waals surface area (Å²) in [5.74, 6) is -0.0578. The maximum atomic E-state index is 12.9. The lowest BCUT2D eigenvalue weighted by Gasteiger charge is -2.37. The average molecular weight is 391 g/mol. The van der Waals surface area contributed by atoms with Gasteiger partial charge in [-0.05, 0) is 30.7 Å². The van der Waals surface area contributed by atoms with Gasteiger partial charge in [-0.3, -0.25) is 14.6 Å². The van der Waals surface area contributed by atoms with Crippen LogP contribution in [-0.2, 0) is 17.5 Å². The Morgan fingerprint density at radius 1 is 1.04 bits per heavy atom. The van der Waals surface area contributed by atoms with Gasteiger partial charge in [-0.25, -0.2) is 0 Å². The first-order valence-electron chi connectivity index (χ1n) is 9.31. The molecule has 1 atom stereocenters. The van der Waals surface area contributed by atoms with Gasteiger partial charge in [0.25, 0.3) is 0 Å². The van der Waals surface area contributed by atoms with Gasteiger partial charge in [0, 0.05) is 38.4 Å². The van der Waals surface area contributed by atoms with Gasteiger partial charge in [0.15, 0.2) is 0 Å². The molecule has 1 heterocycles. The second-order valence-electron chi connectivity index (χ2n) is 7.04. The third kappa shape index (κ3) is 5.33. The Bertz CT molecular complexity index is 787. The highest BCUT2D eigenvalue weighted by molar-refractivity contribution is 5.94. The van der Waals surface area contributed by atoms with Crippen LogP contribution in [0.4, 0.5) is 18.9 Å². The standard InChI is InChI=1S/C21H24F3N3O/c1-16(20(28)25-19-8-3-2-4-9-19)27-12-10-26(11-13-27)15-17-6-5-7-18(14-17)21(22,23)24/h2-9,14,16H,10-13,15H2,1H3,(H,25,28)/t16-/m1/s1. The summed E-state index contributed by atoms with van der Waals surface area (Å²) in [6, 6.07) is 14.5. The Kier molecular flexibility index (Phi) is 6.36. The average Bonchev–Trinajstić information content (AvgIpc) is 2.68. The van der Waals surface area contributed by atoms with Gasteiger partial charge in [-0.1, -0.05) is 36.4 Å². The number of hydrogen-bond donors (Lipinski definition) is 1. The molecule has 0 saturated carbocycles.